The number of aryl methyl sites for hydroxylation is 1. The summed E-state index contributed by atoms with van der Waals surface area (Å²) >= 11 is 0. The highest BCUT2D eigenvalue weighted by Gasteiger charge is 2.24. The van der Waals surface area contributed by atoms with Crippen LogP contribution < -0.4 is 4.90 Å². The molecule has 26 heavy (non-hydrogen) atoms. The van der Waals surface area contributed by atoms with Gasteiger partial charge in [0.25, 0.3) is 5.71 Å². The number of anilines is 1. The molecule has 0 aromatic carbocycles. The standard InChI is InChI=1S/C19H24N6O/c1-4-8-25-17(15-10-16-13(3)23-26-18(16)20-11-15)21-22-19(25)24-9-6-7-14(5-2)12-24/h4,10-11,14H,1,5-9,12H2,2-3H3/t14-/m0/s1. The number of hydrogen-bond donors (Lipinski definition) is 0. The van der Waals surface area contributed by atoms with Crippen LogP contribution >= 0.6 is 0 Å². The molecule has 1 fully saturated rings. The Balaban J connectivity index is 1.75. The van der Waals surface area contributed by atoms with Gasteiger partial charge in [-0.3, -0.25) is 4.57 Å². The van der Waals surface area contributed by atoms with E-state index in [2.05, 4.69) is 43.3 Å². The fourth-order valence-corrected chi connectivity index (χ4v) is 3.69. The molecule has 4 heterocycles. The average Bonchev–Trinajstić information content (AvgIpc) is 3.26. The normalized spacial score (nSPS) is 17.8. The van der Waals surface area contributed by atoms with Crippen molar-refractivity contribution >= 4 is 17.0 Å². The first-order valence-electron chi connectivity index (χ1n) is 9.22. The minimum atomic E-state index is 0.545. The fraction of sp³-hybridized carbons (Fsp3) is 0.474. The zero-order valence-corrected chi connectivity index (χ0v) is 15.4. The Kier molecular flexibility index (Phi) is 4.44. The number of aromatic nitrogens is 5. The van der Waals surface area contributed by atoms with E-state index in [0.717, 1.165) is 47.4 Å². The summed E-state index contributed by atoms with van der Waals surface area (Å²) in [7, 11) is 0. The predicted molar refractivity (Wildman–Crippen MR) is 101 cm³/mol. The van der Waals surface area contributed by atoms with Crippen LogP contribution in [0.15, 0.2) is 29.4 Å². The molecule has 0 amide bonds. The molecule has 0 unspecified atom stereocenters. The first-order valence-corrected chi connectivity index (χ1v) is 9.22. The van der Waals surface area contributed by atoms with Gasteiger partial charge < -0.3 is 9.42 Å². The lowest BCUT2D eigenvalue weighted by Crippen LogP contribution is -2.37. The second-order valence-corrected chi connectivity index (χ2v) is 6.93. The minimum absolute atomic E-state index is 0.545. The van der Waals surface area contributed by atoms with E-state index in [-0.39, 0.29) is 0 Å². The second kappa shape index (κ2) is 6.90. The second-order valence-electron chi connectivity index (χ2n) is 6.93. The van der Waals surface area contributed by atoms with Crippen molar-refractivity contribution in [3.8, 4) is 11.4 Å². The van der Waals surface area contributed by atoms with Crippen LogP contribution in [0.3, 0.4) is 0 Å². The van der Waals surface area contributed by atoms with Gasteiger partial charge in [-0.05, 0) is 31.7 Å². The summed E-state index contributed by atoms with van der Waals surface area (Å²) in [5, 5.41) is 13.9. The van der Waals surface area contributed by atoms with Crippen molar-refractivity contribution in [2.45, 2.75) is 39.7 Å². The van der Waals surface area contributed by atoms with E-state index >= 15 is 0 Å². The topological polar surface area (TPSA) is 72.9 Å². The van der Waals surface area contributed by atoms with E-state index < -0.39 is 0 Å². The van der Waals surface area contributed by atoms with Crippen LogP contribution in [0.4, 0.5) is 5.95 Å². The molecular weight excluding hydrogens is 328 g/mol. The Morgan fingerprint density at radius 1 is 1.38 bits per heavy atom. The number of hydrogen-bond acceptors (Lipinski definition) is 6. The van der Waals surface area contributed by atoms with Gasteiger partial charge >= 0.3 is 0 Å². The lowest BCUT2D eigenvalue weighted by molar-refractivity contribution is 0.398. The molecule has 1 aliphatic heterocycles. The highest BCUT2D eigenvalue weighted by atomic mass is 16.5. The van der Waals surface area contributed by atoms with E-state index in [0.29, 0.717) is 12.3 Å². The van der Waals surface area contributed by atoms with Gasteiger partial charge in [-0.2, -0.15) is 0 Å². The molecule has 1 aliphatic rings. The molecular formula is C19H24N6O. The average molecular weight is 352 g/mol. The summed E-state index contributed by atoms with van der Waals surface area (Å²) in [6, 6.07) is 2.02. The molecule has 0 bridgehead atoms. The van der Waals surface area contributed by atoms with Gasteiger partial charge in [0.15, 0.2) is 5.82 Å². The molecule has 0 radical (unpaired) electrons. The Morgan fingerprint density at radius 3 is 3.08 bits per heavy atom. The zero-order valence-electron chi connectivity index (χ0n) is 15.4. The number of rotatable bonds is 5. The highest BCUT2D eigenvalue weighted by molar-refractivity contribution is 5.80. The summed E-state index contributed by atoms with van der Waals surface area (Å²) in [4.78, 5) is 6.73. The molecule has 0 aliphatic carbocycles. The van der Waals surface area contributed by atoms with Gasteiger partial charge in [0.1, 0.15) is 0 Å². The van der Waals surface area contributed by atoms with Gasteiger partial charge in [0.2, 0.25) is 5.95 Å². The number of allylic oxidation sites excluding steroid dienone is 1. The summed E-state index contributed by atoms with van der Waals surface area (Å²) in [5.74, 6) is 2.44. The lowest BCUT2D eigenvalue weighted by atomic mass is 9.96. The van der Waals surface area contributed by atoms with Crippen LogP contribution in [0.5, 0.6) is 0 Å². The van der Waals surface area contributed by atoms with E-state index in [1.54, 1.807) is 6.20 Å². The fourth-order valence-electron chi connectivity index (χ4n) is 3.69. The maximum atomic E-state index is 5.21. The molecule has 3 aromatic heterocycles. The van der Waals surface area contributed by atoms with Crippen LogP contribution in [0.25, 0.3) is 22.5 Å². The van der Waals surface area contributed by atoms with E-state index in [9.17, 15) is 0 Å². The molecule has 0 N–H and O–H groups in total. The minimum Gasteiger partial charge on any atom is -0.341 e. The lowest BCUT2D eigenvalue weighted by Gasteiger charge is -2.33. The van der Waals surface area contributed by atoms with Gasteiger partial charge in [0, 0.05) is 31.4 Å². The number of piperidine rings is 1. The Morgan fingerprint density at radius 2 is 2.27 bits per heavy atom. The third-order valence-electron chi connectivity index (χ3n) is 5.19. The van der Waals surface area contributed by atoms with Crippen molar-refractivity contribution < 1.29 is 4.52 Å². The van der Waals surface area contributed by atoms with Crippen LogP contribution in [0.2, 0.25) is 0 Å². The van der Waals surface area contributed by atoms with Crippen LogP contribution in [0, 0.1) is 12.8 Å². The maximum Gasteiger partial charge on any atom is 0.257 e. The summed E-state index contributed by atoms with van der Waals surface area (Å²) in [6.07, 6.45) is 7.34. The molecule has 3 aromatic rings. The maximum absolute atomic E-state index is 5.21. The Hall–Kier alpha value is -2.70. The quantitative estimate of drug-likeness (QED) is 0.653. The van der Waals surface area contributed by atoms with E-state index in [4.69, 9.17) is 4.52 Å². The summed E-state index contributed by atoms with van der Waals surface area (Å²) in [5.41, 5.74) is 2.28. The van der Waals surface area contributed by atoms with Crippen molar-refractivity contribution in [3.05, 3.63) is 30.6 Å². The monoisotopic (exact) mass is 352 g/mol. The highest BCUT2D eigenvalue weighted by Crippen LogP contribution is 2.29. The third kappa shape index (κ3) is 2.87. The van der Waals surface area contributed by atoms with Crippen LogP contribution in [0.1, 0.15) is 31.9 Å². The van der Waals surface area contributed by atoms with Crippen molar-refractivity contribution in [1.29, 1.82) is 0 Å². The van der Waals surface area contributed by atoms with Crippen molar-refractivity contribution in [2.75, 3.05) is 18.0 Å². The third-order valence-corrected chi connectivity index (χ3v) is 5.19. The Labute approximate surface area is 152 Å². The smallest absolute Gasteiger partial charge is 0.257 e. The molecule has 0 saturated carbocycles. The van der Waals surface area contributed by atoms with Crippen molar-refractivity contribution in [3.63, 3.8) is 0 Å². The molecule has 4 rings (SSSR count). The number of fused-ring (bicyclic) bond motifs is 1. The first-order chi connectivity index (χ1) is 12.7. The molecule has 1 atom stereocenters. The first kappa shape index (κ1) is 16.8. The number of pyridine rings is 1. The summed E-state index contributed by atoms with van der Waals surface area (Å²) < 4.78 is 7.34. The number of nitrogens with zero attached hydrogens (tertiary/aromatic N) is 6. The van der Waals surface area contributed by atoms with E-state index in [1.807, 2.05) is 19.1 Å². The van der Waals surface area contributed by atoms with Gasteiger partial charge in [-0.25, -0.2) is 4.98 Å². The molecule has 7 heteroatoms. The van der Waals surface area contributed by atoms with E-state index in [1.165, 1.54) is 19.3 Å². The van der Waals surface area contributed by atoms with Crippen LogP contribution in [-0.2, 0) is 6.54 Å². The zero-order chi connectivity index (χ0) is 18.1. The van der Waals surface area contributed by atoms with Gasteiger partial charge in [0.05, 0.1) is 11.1 Å². The molecule has 7 nitrogen and oxygen atoms in total. The molecule has 1 saturated heterocycles. The largest absolute Gasteiger partial charge is 0.341 e. The summed E-state index contributed by atoms with van der Waals surface area (Å²) in [6.45, 7) is 10.8. The molecule has 136 valence electrons. The predicted octanol–water partition coefficient (Wildman–Crippen LogP) is 3.60. The van der Waals surface area contributed by atoms with Gasteiger partial charge in [-0.1, -0.05) is 24.6 Å². The molecule has 0 spiro atoms. The Bertz CT molecular complexity index is 927. The SMILES string of the molecule is C=CCn1c(-c2cnc3onc(C)c3c2)nnc1N1CCC[C@H](CC)C1. The van der Waals surface area contributed by atoms with Crippen LogP contribution in [-0.4, -0.2) is 38.0 Å². The van der Waals surface area contributed by atoms with Crippen molar-refractivity contribution in [1.82, 2.24) is 24.9 Å². The van der Waals surface area contributed by atoms with Gasteiger partial charge in [-0.15, -0.1) is 16.8 Å². The van der Waals surface area contributed by atoms with Crippen molar-refractivity contribution in [2.24, 2.45) is 5.92 Å².